The van der Waals surface area contributed by atoms with E-state index in [0.29, 0.717) is 13.1 Å². The van der Waals surface area contributed by atoms with Crippen molar-refractivity contribution < 1.29 is 9.59 Å². The van der Waals surface area contributed by atoms with E-state index in [1.807, 2.05) is 37.3 Å². The van der Waals surface area contributed by atoms with Gasteiger partial charge in [-0.05, 0) is 12.0 Å². The number of benzene rings is 1. The molecule has 0 aliphatic rings. The molecule has 1 aromatic carbocycles. The van der Waals surface area contributed by atoms with E-state index in [9.17, 15) is 9.59 Å². The van der Waals surface area contributed by atoms with E-state index < -0.39 is 5.91 Å². The van der Waals surface area contributed by atoms with Gasteiger partial charge in [-0.25, -0.2) is 10.2 Å². The second-order valence-electron chi connectivity index (χ2n) is 4.10. The first-order valence-electron chi connectivity index (χ1n) is 6.24. The van der Waals surface area contributed by atoms with E-state index >= 15 is 0 Å². The first-order valence-corrected chi connectivity index (χ1v) is 6.24. The Balaban J connectivity index is 2.45. The monoisotopic (exact) mass is 264 g/mol. The maximum atomic E-state index is 11.9. The Morgan fingerprint density at radius 3 is 2.53 bits per heavy atom. The number of urea groups is 1. The minimum Gasteiger partial charge on any atom is -0.369 e. The summed E-state index contributed by atoms with van der Waals surface area (Å²) in [6, 6.07) is 9.34. The summed E-state index contributed by atoms with van der Waals surface area (Å²) in [5.74, 6) is -0.503. The Kier molecular flexibility index (Phi) is 6.38. The topological polar surface area (TPSA) is 87.5 Å². The lowest BCUT2D eigenvalue weighted by molar-refractivity contribution is -0.117. The fourth-order valence-electron chi connectivity index (χ4n) is 1.52. The Morgan fingerprint density at radius 2 is 1.95 bits per heavy atom. The molecule has 0 bridgehead atoms. The van der Waals surface area contributed by atoms with Crippen molar-refractivity contribution in [3.8, 4) is 0 Å². The molecule has 1 rings (SSSR count). The van der Waals surface area contributed by atoms with Gasteiger partial charge in [-0.1, -0.05) is 37.3 Å². The Labute approximate surface area is 112 Å². The molecule has 4 N–H and O–H groups in total. The number of amides is 3. The van der Waals surface area contributed by atoms with Gasteiger partial charge in [-0.2, -0.15) is 0 Å². The third-order valence-corrected chi connectivity index (χ3v) is 2.42. The molecular formula is C13H20N4O2. The molecule has 0 radical (unpaired) electrons. The molecule has 6 nitrogen and oxygen atoms in total. The van der Waals surface area contributed by atoms with Crippen molar-refractivity contribution in [3.05, 3.63) is 35.9 Å². The second kappa shape index (κ2) is 8.10. The van der Waals surface area contributed by atoms with Crippen molar-refractivity contribution in [2.45, 2.75) is 19.9 Å². The summed E-state index contributed by atoms with van der Waals surface area (Å²) < 4.78 is 0. The van der Waals surface area contributed by atoms with Crippen LogP contribution in [0, 0.1) is 0 Å². The Morgan fingerprint density at radius 1 is 1.26 bits per heavy atom. The smallest absolute Gasteiger partial charge is 0.332 e. The number of hydrogen-bond donors (Lipinski definition) is 3. The molecule has 6 heteroatoms. The molecule has 0 aliphatic heterocycles. The molecule has 0 aliphatic carbocycles. The van der Waals surface area contributed by atoms with Crippen molar-refractivity contribution in [2.24, 2.45) is 5.73 Å². The summed E-state index contributed by atoms with van der Waals surface area (Å²) in [5.41, 5.74) is 8.76. The van der Waals surface area contributed by atoms with Crippen LogP contribution in [0.25, 0.3) is 0 Å². The van der Waals surface area contributed by atoms with E-state index in [0.717, 1.165) is 12.0 Å². The number of hydrogen-bond acceptors (Lipinski definition) is 3. The molecule has 0 unspecified atom stereocenters. The highest BCUT2D eigenvalue weighted by Crippen LogP contribution is 1.98. The highest BCUT2D eigenvalue weighted by molar-refractivity contribution is 5.77. The van der Waals surface area contributed by atoms with Gasteiger partial charge in [0.25, 0.3) is 0 Å². The zero-order valence-electron chi connectivity index (χ0n) is 11.1. The number of nitrogens with one attached hydrogen (secondary N) is 2. The molecule has 0 saturated heterocycles. The largest absolute Gasteiger partial charge is 0.369 e. The fraction of sp³-hybridized carbons (Fsp3) is 0.385. The predicted molar refractivity (Wildman–Crippen MR) is 72.9 cm³/mol. The van der Waals surface area contributed by atoms with E-state index in [-0.39, 0.29) is 12.6 Å². The average Bonchev–Trinajstić information content (AvgIpc) is 2.41. The molecule has 3 amide bonds. The number of carbonyl (C=O) groups excluding carboxylic acids is 2. The van der Waals surface area contributed by atoms with Crippen molar-refractivity contribution in [3.63, 3.8) is 0 Å². The summed E-state index contributed by atoms with van der Waals surface area (Å²) in [6.45, 7) is 2.84. The number of primary amides is 1. The number of carbonyl (C=O) groups is 2. The summed E-state index contributed by atoms with van der Waals surface area (Å²) in [4.78, 5) is 22.6. The van der Waals surface area contributed by atoms with Gasteiger partial charge in [-0.15, -0.1) is 0 Å². The zero-order chi connectivity index (χ0) is 14.1. The van der Waals surface area contributed by atoms with Gasteiger partial charge in [0.2, 0.25) is 5.91 Å². The third-order valence-electron chi connectivity index (χ3n) is 2.42. The number of rotatable bonds is 7. The van der Waals surface area contributed by atoms with Crippen LogP contribution in [0.1, 0.15) is 18.9 Å². The van der Waals surface area contributed by atoms with Crippen molar-refractivity contribution >= 4 is 11.9 Å². The first-order chi connectivity index (χ1) is 9.13. The van der Waals surface area contributed by atoms with Gasteiger partial charge in [0, 0.05) is 13.1 Å². The average molecular weight is 264 g/mol. The van der Waals surface area contributed by atoms with Crippen LogP contribution in [0.2, 0.25) is 0 Å². The summed E-state index contributed by atoms with van der Waals surface area (Å²) in [7, 11) is 0. The molecule has 0 fully saturated rings. The quantitative estimate of drug-likeness (QED) is 0.630. The minimum absolute atomic E-state index is 0.0568. The number of nitrogens with two attached hydrogens (primary N) is 1. The van der Waals surface area contributed by atoms with Gasteiger partial charge >= 0.3 is 6.03 Å². The highest BCUT2D eigenvalue weighted by Gasteiger charge is 2.12. The van der Waals surface area contributed by atoms with Crippen LogP contribution in [0.4, 0.5) is 4.79 Å². The molecular weight excluding hydrogens is 244 g/mol. The van der Waals surface area contributed by atoms with Crippen molar-refractivity contribution in [2.75, 3.05) is 13.1 Å². The molecule has 0 heterocycles. The molecule has 0 aromatic heterocycles. The fourth-order valence-corrected chi connectivity index (χ4v) is 1.52. The van der Waals surface area contributed by atoms with Crippen LogP contribution in [0.5, 0.6) is 0 Å². The summed E-state index contributed by atoms with van der Waals surface area (Å²) in [5, 5.41) is 4.15. The van der Waals surface area contributed by atoms with E-state index in [4.69, 9.17) is 5.73 Å². The zero-order valence-corrected chi connectivity index (χ0v) is 11.1. The highest BCUT2D eigenvalue weighted by atomic mass is 16.2. The van der Waals surface area contributed by atoms with E-state index in [1.165, 1.54) is 5.01 Å². The van der Waals surface area contributed by atoms with Crippen molar-refractivity contribution in [1.82, 2.24) is 15.8 Å². The van der Waals surface area contributed by atoms with E-state index in [1.54, 1.807) is 0 Å². The van der Waals surface area contributed by atoms with Gasteiger partial charge in [0.1, 0.15) is 0 Å². The van der Waals surface area contributed by atoms with Gasteiger partial charge < -0.3 is 11.1 Å². The van der Waals surface area contributed by atoms with Gasteiger partial charge in [0.15, 0.2) is 0 Å². The summed E-state index contributed by atoms with van der Waals surface area (Å²) in [6.07, 6.45) is 0.782. The maximum Gasteiger partial charge on any atom is 0.332 e. The summed E-state index contributed by atoms with van der Waals surface area (Å²) >= 11 is 0. The number of hydrazine groups is 1. The van der Waals surface area contributed by atoms with Gasteiger partial charge in [0.05, 0.1) is 6.54 Å². The lowest BCUT2D eigenvalue weighted by atomic mass is 10.2. The Bertz CT molecular complexity index is 408. The van der Waals surface area contributed by atoms with Crippen molar-refractivity contribution in [1.29, 1.82) is 0 Å². The molecule has 104 valence electrons. The van der Waals surface area contributed by atoms with Crippen LogP contribution >= 0.6 is 0 Å². The van der Waals surface area contributed by atoms with Crippen LogP contribution in [-0.2, 0) is 11.3 Å². The lowest BCUT2D eigenvalue weighted by Crippen LogP contribution is -2.50. The van der Waals surface area contributed by atoms with Gasteiger partial charge in [-0.3, -0.25) is 9.80 Å². The Hall–Kier alpha value is -2.08. The SMILES string of the molecule is CCCN(NCC(N)=O)C(=O)NCc1ccccc1. The number of nitrogens with zero attached hydrogens (tertiary/aromatic N) is 1. The molecule has 0 saturated carbocycles. The molecule has 1 aromatic rings. The standard InChI is InChI=1S/C13H20N4O2/c1-2-8-17(16-10-12(14)18)13(19)15-9-11-6-4-3-5-7-11/h3-7,16H,2,8-10H2,1H3,(H2,14,18)(H,15,19). The maximum absolute atomic E-state index is 11.9. The predicted octanol–water partition coefficient (Wildman–Crippen LogP) is 0.598. The molecule has 19 heavy (non-hydrogen) atoms. The third kappa shape index (κ3) is 5.87. The molecule has 0 spiro atoms. The molecule has 0 atom stereocenters. The van der Waals surface area contributed by atoms with Crippen LogP contribution in [0.3, 0.4) is 0 Å². The second-order valence-corrected chi connectivity index (χ2v) is 4.10. The normalized spacial score (nSPS) is 9.95. The van der Waals surface area contributed by atoms with E-state index in [2.05, 4.69) is 10.7 Å². The van der Waals surface area contributed by atoms with Crippen LogP contribution in [0.15, 0.2) is 30.3 Å². The van der Waals surface area contributed by atoms with Crippen LogP contribution in [-0.4, -0.2) is 30.0 Å². The lowest BCUT2D eigenvalue weighted by Gasteiger charge is -2.22. The minimum atomic E-state index is -0.503. The first kappa shape index (κ1) is 15.0. The van der Waals surface area contributed by atoms with Crippen LogP contribution < -0.4 is 16.5 Å².